The molecule has 0 aromatic heterocycles. The van der Waals surface area contributed by atoms with Gasteiger partial charge in [-0.15, -0.1) is 0 Å². The molecule has 13 heavy (non-hydrogen) atoms. The SMILES string of the molecule is ClC1=CC=CC1.[CH-]1CCCCC1.[Zr]. The van der Waals surface area contributed by atoms with Gasteiger partial charge in [0.05, 0.1) is 0 Å². The maximum absolute atomic E-state index is 5.51. The van der Waals surface area contributed by atoms with E-state index >= 15 is 0 Å². The minimum atomic E-state index is 0. The fraction of sp³-hybridized carbons (Fsp3) is 0.545. The Balaban J connectivity index is 0.000000206. The van der Waals surface area contributed by atoms with E-state index in [0.717, 1.165) is 11.5 Å². The van der Waals surface area contributed by atoms with E-state index in [9.17, 15) is 0 Å². The Morgan fingerprint density at radius 1 is 1.15 bits per heavy atom. The van der Waals surface area contributed by atoms with E-state index in [0.29, 0.717) is 0 Å². The normalized spacial score (nSPS) is 19.6. The second kappa shape index (κ2) is 9.22. The summed E-state index contributed by atoms with van der Waals surface area (Å²) in [6, 6.07) is 0. The Bertz CT molecular complexity index is 157. The van der Waals surface area contributed by atoms with Crippen molar-refractivity contribution < 1.29 is 26.2 Å². The van der Waals surface area contributed by atoms with Crippen LogP contribution in [0, 0.1) is 6.42 Å². The van der Waals surface area contributed by atoms with Crippen molar-refractivity contribution in [3.05, 3.63) is 29.7 Å². The molecule has 2 heteroatoms. The topological polar surface area (TPSA) is 0 Å². The number of allylic oxidation sites excluding steroid dienone is 4. The predicted octanol–water partition coefficient (Wildman–Crippen LogP) is 4.22. The Morgan fingerprint density at radius 2 is 1.85 bits per heavy atom. The molecule has 2 rings (SSSR count). The molecule has 0 nitrogen and oxygen atoms in total. The van der Waals surface area contributed by atoms with Gasteiger partial charge in [-0.3, -0.25) is 0 Å². The van der Waals surface area contributed by atoms with Crippen LogP contribution in [0.4, 0.5) is 0 Å². The van der Waals surface area contributed by atoms with Crippen LogP contribution in [0.5, 0.6) is 0 Å². The monoisotopic (exact) mass is 273 g/mol. The molecule has 0 amide bonds. The van der Waals surface area contributed by atoms with E-state index in [1.54, 1.807) is 0 Å². The molecule has 0 bridgehead atoms. The Labute approximate surface area is 106 Å². The molecule has 0 unspecified atom stereocenters. The van der Waals surface area contributed by atoms with E-state index in [1.165, 1.54) is 32.1 Å². The van der Waals surface area contributed by atoms with Gasteiger partial charge in [0.25, 0.3) is 0 Å². The first-order valence-electron chi connectivity index (χ1n) is 4.72. The van der Waals surface area contributed by atoms with Crippen LogP contribution in [0.25, 0.3) is 0 Å². The van der Waals surface area contributed by atoms with Crippen molar-refractivity contribution in [3.63, 3.8) is 0 Å². The molecule has 0 heterocycles. The summed E-state index contributed by atoms with van der Waals surface area (Å²) in [6.45, 7) is 0. The van der Waals surface area contributed by atoms with Gasteiger partial charge in [-0.25, -0.2) is 0 Å². The maximum Gasteiger partial charge on any atom is 0.0218 e. The quantitative estimate of drug-likeness (QED) is 0.580. The molecule has 1 fully saturated rings. The average Bonchev–Trinajstić information content (AvgIpc) is 2.60. The van der Waals surface area contributed by atoms with Crippen molar-refractivity contribution in [2.24, 2.45) is 0 Å². The van der Waals surface area contributed by atoms with Gasteiger partial charge in [-0.1, -0.05) is 43.0 Å². The first-order chi connectivity index (χ1) is 5.89. The van der Waals surface area contributed by atoms with Crippen LogP contribution in [0.3, 0.4) is 0 Å². The number of hydrogen-bond donors (Lipinski definition) is 0. The zero-order valence-electron chi connectivity index (χ0n) is 7.93. The van der Waals surface area contributed by atoms with Gasteiger partial charge in [-0.05, 0) is 6.08 Å². The number of hydrogen-bond acceptors (Lipinski definition) is 0. The van der Waals surface area contributed by atoms with Crippen LogP contribution in [-0.2, 0) is 26.2 Å². The zero-order valence-corrected chi connectivity index (χ0v) is 11.1. The van der Waals surface area contributed by atoms with Crippen molar-refractivity contribution in [2.45, 2.75) is 38.5 Å². The molecule has 0 spiro atoms. The van der Waals surface area contributed by atoms with Crippen molar-refractivity contribution >= 4 is 11.6 Å². The van der Waals surface area contributed by atoms with Crippen LogP contribution in [0.1, 0.15) is 38.5 Å². The van der Waals surface area contributed by atoms with Crippen LogP contribution < -0.4 is 0 Å². The average molecular weight is 275 g/mol. The second-order valence-corrected chi connectivity index (χ2v) is 3.66. The smallest absolute Gasteiger partial charge is 0.0218 e. The molecule has 0 saturated heterocycles. The molecular weight excluding hydrogens is 259 g/mol. The van der Waals surface area contributed by atoms with Gasteiger partial charge < -0.3 is 6.42 Å². The largest absolute Gasteiger partial charge is 0.328 e. The molecular formula is C11H16ClZr-. The van der Waals surface area contributed by atoms with Crippen LogP contribution >= 0.6 is 11.6 Å². The molecule has 2 aliphatic rings. The van der Waals surface area contributed by atoms with Gasteiger partial charge >= 0.3 is 0 Å². The minimum Gasteiger partial charge on any atom is -0.328 e. The van der Waals surface area contributed by atoms with Gasteiger partial charge in [-0.2, -0.15) is 12.8 Å². The molecule has 0 aromatic rings. The van der Waals surface area contributed by atoms with Crippen molar-refractivity contribution in [2.75, 3.05) is 0 Å². The fourth-order valence-corrected chi connectivity index (χ4v) is 1.48. The summed E-state index contributed by atoms with van der Waals surface area (Å²) < 4.78 is 0. The third kappa shape index (κ3) is 7.70. The van der Waals surface area contributed by atoms with E-state index in [4.69, 9.17) is 11.6 Å². The first-order valence-corrected chi connectivity index (χ1v) is 5.10. The summed E-state index contributed by atoms with van der Waals surface area (Å²) in [4.78, 5) is 0. The minimum absolute atomic E-state index is 0. The van der Waals surface area contributed by atoms with E-state index < -0.39 is 0 Å². The standard InChI is InChI=1S/C6H11.C5H5Cl.Zr/c1-2-4-6-5-3-1;6-5-3-1-2-4-5;/h1H,2-6H2;1-3H,4H2;/q-1;;. The van der Waals surface area contributed by atoms with E-state index in [2.05, 4.69) is 6.42 Å². The Kier molecular flexibility index (Phi) is 9.68. The van der Waals surface area contributed by atoms with Gasteiger partial charge in [0, 0.05) is 37.7 Å². The summed E-state index contributed by atoms with van der Waals surface area (Å²) >= 11 is 5.51. The van der Waals surface area contributed by atoms with Crippen LogP contribution in [-0.4, -0.2) is 0 Å². The first kappa shape index (κ1) is 13.7. The van der Waals surface area contributed by atoms with Crippen LogP contribution in [0.15, 0.2) is 23.3 Å². The van der Waals surface area contributed by atoms with Gasteiger partial charge in [0.1, 0.15) is 0 Å². The number of rotatable bonds is 0. The third-order valence-electron chi connectivity index (χ3n) is 2.04. The second-order valence-electron chi connectivity index (χ2n) is 3.17. The van der Waals surface area contributed by atoms with Crippen molar-refractivity contribution in [3.8, 4) is 0 Å². The summed E-state index contributed by atoms with van der Waals surface area (Å²) in [7, 11) is 0. The van der Waals surface area contributed by atoms with Crippen molar-refractivity contribution in [1.82, 2.24) is 0 Å². The maximum atomic E-state index is 5.51. The van der Waals surface area contributed by atoms with Gasteiger partial charge in [0.15, 0.2) is 0 Å². The summed E-state index contributed by atoms with van der Waals surface area (Å²) in [6.07, 6.45) is 16.3. The zero-order chi connectivity index (χ0) is 8.65. The fourth-order valence-electron chi connectivity index (χ4n) is 1.32. The van der Waals surface area contributed by atoms with E-state index in [1.807, 2.05) is 18.2 Å². The van der Waals surface area contributed by atoms with Gasteiger partial charge in [0.2, 0.25) is 0 Å². The van der Waals surface area contributed by atoms with E-state index in [-0.39, 0.29) is 26.2 Å². The number of halogens is 1. The third-order valence-corrected chi connectivity index (χ3v) is 2.32. The molecule has 0 atom stereocenters. The summed E-state index contributed by atoms with van der Waals surface area (Å²) in [5, 5.41) is 0.940. The summed E-state index contributed by atoms with van der Waals surface area (Å²) in [5.74, 6) is 0. The summed E-state index contributed by atoms with van der Waals surface area (Å²) in [5.41, 5.74) is 0. The molecule has 72 valence electrons. The Morgan fingerprint density at radius 3 is 2.00 bits per heavy atom. The molecule has 2 aliphatic carbocycles. The molecule has 0 N–H and O–H groups in total. The molecule has 0 radical (unpaired) electrons. The Hall–Kier alpha value is 0.653. The van der Waals surface area contributed by atoms with Crippen LogP contribution in [0.2, 0.25) is 0 Å². The molecule has 1 saturated carbocycles. The predicted molar refractivity (Wildman–Crippen MR) is 55.1 cm³/mol. The molecule has 0 aliphatic heterocycles. The van der Waals surface area contributed by atoms with Crippen molar-refractivity contribution in [1.29, 1.82) is 0 Å². The molecule has 0 aromatic carbocycles.